The maximum Gasteiger partial charge on any atom is 0.186 e. The van der Waals surface area contributed by atoms with Gasteiger partial charge in [0.25, 0.3) is 0 Å². The van der Waals surface area contributed by atoms with E-state index in [4.69, 9.17) is 14.0 Å². The molecule has 2 aromatic carbocycles. The van der Waals surface area contributed by atoms with Crippen molar-refractivity contribution in [1.82, 2.24) is 0 Å². The molecule has 1 atom stereocenters. The van der Waals surface area contributed by atoms with Gasteiger partial charge >= 0.3 is 0 Å². The summed E-state index contributed by atoms with van der Waals surface area (Å²) in [6.45, 7) is 1.20. The fourth-order valence-corrected chi connectivity index (χ4v) is 2.72. The lowest BCUT2D eigenvalue weighted by atomic mass is 10.0. The average Bonchev–Trinajstić information content (AvgIpc) is 2.56. The molecule has 1 saturated heterocycles. The minimum Gasteiger partial charge on any atom is -0.348 e. The normalized spacial score (nSPS) is 23.7. The summed E-state index contributed by atoms with van der Waals surface area (Å²) < 4.78 is 31.5. The highest BCUT2D eigenvalue weighted by molar-refractivity contribution is 7.79. The lowest BCUT2D eigenvalue weighted by Gasteiger charge is -2.30. The van der Waals surface area contributed by atoms with Gasteiger partial charge in [-0.15, -0.1) is 0 Å². The van der Waals surface area contributed by atoms with Gasteiger partial charge in [0, 0.05) is 11.5 Å². The van der Waals surface area contributed by atoms with Crippen LogP contribution in [-0.4, -0.2) is 22.0 Å². The van der Waals surface area contributed by atoms with Crippen LogP contribution in [0.2, 0.25) is 0 Å². The van der Waals surface area contributed by atoms with E-state index in [0.29, 0.717) is 18.1 Å². The Labute approximate surface area is 126 Å². The summed E-state index contributed by atoms with van der Waals surface area (Å²) in [7, 11) is 0. The number of hydrogen-bond acceptors (Lipinski definition) is 3. The van der Waals surface area contributed by atoms with Crippen LogP contribution in [0.1, 0.15) is 23.3 Å². The van der Waals surface area contributed by atoms with E-state index < -0.39 is 17.4 Å². The van der Waals surface area contributed by atoms with Crippen LogP contribution < -0.4 is 0 Å². The molecule has 0 amide bonds. The first kappa shape index (κ1) is 14.4. The van der Waals surface area contributed by atoms with Gasteiger partial charge < -0.3 is 14.0 Å². The maximum atomic E-state index is 10.9. The molecule has 5 heteroatoms. The number of ether oxygens (including phenoxy) is 2. The van der Waals surface area contributed by atoms with Crippen LogP contribution in [0.3, 0.4) is 0 Å². The van der Waals surface area contributed by atoms with Crippen molar-refractivity contribution in [3.8, 4) is 0 Å². The molecule has 2 aromatic rings. The predicted molar refractivity (Wildman–Crippen MR) is 79.3 cm³/mol. The summed E-state index contributed by atoms with van der Waals surface area (Å²) in [4.78, 5) is 0.372. The highest BCUT2D eigenvalue weighted by Crippen LogP contribution is 2.29. The number of hydrogen-bond donors (Lipinski definition) is 1. The Morgan fingerprint density at radius 2 is 1.52 bits per heavy atom. The van der Waals surface area contributed by atoms with Crippen LogP contribution in [0.25, 0.3) is 0 Å². The highest BCUT2D eigenvalue weighted by Gasteiger charge is 2.24. The molecule has 1 heterocycles. The van der Waals surface area contributed by atoms with Gasteiger partial charge in [-0.2, -0.15) is 0 Å². The third-order valence-electron chi connectivity index (χ3n) is 3.52. The van der Waals surface area contributed by atoms with Gasteiger partial charge in [0.05, 0.1) is 18.1 Å². The molecule has 4 nitrogen and oxygen atoms in total. The Kier molecular flexibility index (Phi) is 4.45. The van der Waals surface area contributed by atoms with Crippen molar-refractivity contribution in [1.29, 1.82) is 0 Å². The molecule has 1 aliphatic heterocycles. The monoisotopic (exact) mass is 304 g/mol. The van der Waals surface area contributed by atoms with Crippen LogP contribution in [0.4, 0.5) is 0 Å². The van der Waals surface area contributed by atoms with Crippen molar-refractivity contribution in [2.45, 2.75) is 17.1 Å². The fourth-order valence-electron chi connectivity index (χ4n) is 2.35. The van der Waals surface area contributed by atoms with E-state index in [9.17, 15) is 4.21 Å². The smallest absolute Gasteiger partial charge is 0.186 e. The Morgan fingerprint density at radius 1 is 0.905 bits per heavy atom. The minimum absolute atomic E-state index is 0.242. The van der Waals surface area contributed by atoms with Gasteiger partial charge in [0.1, 0.15) is 0 Å². The van der Waals surface area contributed by atoms with E-state index in [1.807, 2.05) is 18.2 Å². The van der Waals surface area contributed by atoms with Crippen molar-refractivity contribution < 1.29 is 18.2 Å². The molecule has 1 aliphatic rings. The molecule has 0 radical (unpaired) electrons. The first-order valence-corrected chi connectivity index (χ1v) is 7.83. The minimum atomic E-state index is -1.95. The van der Waals surface area contributed by atoms with Crippen LogP contribution >= 0.6 is 0 Å². The summed E-state index contributed by atoms with van der Waals surface area (Å²) in [6.07, 6.45) is -0.411. The quantitative estimate of drug-likeness (QED) is 0.885. The maximum absolute atomic E-state index is 10.9. The average molecular weight is 304 g/mol. The lowest BCUT2D eigenvalue weighted by Crippen LogP contribution is -2.25. The summed E-state index contributed by atoms with van der Waals surface area (Å²) in [5.41, 5.74) is 2.07. The molecular weight excluding hydrogens is 288 g/mol. The van der Waals surface area contributed by atoms with Crippen LogP contribution in [-0.2, 0) is 20.6 Å². The van der Waals surface area contributed by atoms with E-state index >= 15 is 0 Å². The molecule has 0 aromatic heterocycles. The largest absolute Gasteiger partial charge is 0.348 e. The SMILES string of the molecule is O=S(O)c1ccc(C2OCC(c3ccccc3)CO2)cc1. The Morgan fingerprint density at radius 3 is 2.10 bits per heavy atom. The second kappa shape index (κ2) is 6.49. The zero-order chi connectivity index (χ0) is 14.7. The third-order valence-corrected chi connectivity index (χ3v) is 4.20. The standard InChI is InChI=1S/C16H16O4S/c17-21(18)15-8-6-13(7-9-15)16-19-10-14(11-20-16)12-4-2-1-3-5-12/h1-9,14,16H,10-11H2,(H,17,18). The van der Waals surface area contributed by atoms with Crippen LogP contribution in [0.15, 0.2) is 59.5 Å². The zero-order valence-corrected chi connectivity index (χ0v) is 12.2. The van der Waals surface area contributed by atoms with Gasteiger partial charge in [-0.3, -0.25) is 0 Å². The molecular formula is C16H16O4S. The third kappa shape index (κ3) is 3.39. The first-order valence-electron chi connectivity index (χ1n) is 6.73. The van der Waals surface area contributed by atoms with Crippen molar-refractivity contribution in [3.05, 3.63) is 65.7 Å². The fraction of sp³-hybridized carbons (Fsp3) is 0.250. The van der Waals surface area contributed by atoms with Crippen LogP contribution in [0, 0.1) is 0 Å². The molecule has 1 unspecified atom stereocenters. The van der Waals surface area contributed by atoms with Crippen molar-refractivity contribution in [3.63, 3.8) is 0 Å². The summed E-state index contributed by atoms with van der Waals surface area (Å²) in [6, 6.07) is 16.9. The van der Waals surface area contributed by atoms with Gasteiger partial charge in [-0.1, -0.05) is 42.5 Å². The lowest BCUT2D eigenvalue weighted by molar-refractivity contribution is -0.191. The summed E-state index contributed by atoms with van der Waals surface area (Å²) in [5.74, 6) is 0.242. The van der Waals surface area contributed by atoms with Crippen molar-refractivity contribution >= 4 is 11.1 Å². The Bertz CT molecular complexity index is 604. The molecule has 110 valence electrons. The molecule has 0 spiro atoms. The molecule has 1 fully saturated rings. The van der Waals surface area contributed by atoms with Gasteiger partial charge in [-0.25, -0.2) is 4.21 Å². The van der Waals surface area contributed by atoms with E-state index in [-0.39, 0.29) is 5.92 Å². The highest BCUT2D eigenvalue weighted by atomic mass is 32.2. The molecule has 0 aliphatic carbocycles. The number of rotatable bonds is 3. The molecule has 1 N–H and O–H groups in total. The van der Waals surface area contributed by atoms with Gasteiger partial charge in [0.15, 0.2) is 17.4 Å². The molecule has 21 heavy (non-hydrogen) atoms. The molecule has 0 bridgehead atoms. The summed E-state index contributed by atoms with van der Waals surface area (Å²) >= 11 is -1.95. The Balaban J connectivity index is 1.64. The second-order valence-corrected chi connectivity index (χ2v) is 5.89. The molecule has 3 rings (SSSR count). The van der Waals surface area contributed by atoms with Gasteiger partial charge in [0.2, 0.25) is 0 Å². The van der Waals surface area contributed by atoms with E-state index in [0.717, 1.165) is 5.56 Å². The first-order chi connectivity index (χ1) is 10.2. The van der Waals surface area contributed by atoms with E-state index in [2.05, 4.69) is 12.1 Å². The number of benzene rings is 2. The van der Waals surface area contributed by atoms with Crippen LogP contribution in [0.5, 0.6) is 0 Å². The second-order valence-electron chi connectivity index (χ2n) is 4.92. The van der Waals surface area contributed by atoms with E-state index in [1.54, 1.807) is 24.3 Å². The van der Waals surface area contributed by atoms with Gasteiger partial charge in [-0.05, 0) is 17.7 Å². The van der Waals surface area contributed by atoms with Crippen molar-refractivity contribution in [2.75, 3.05) is 13.2 Å². The van der Waals surface area contributed by atoms with Crippen molar-refractivity contribution in [2.24, 2.45) is 0 Å². The molecule has 0 saturated carbocycles. The summed E-state index contributed by atoms with van der Waals surface area (Å²) in [5, 5.41) is 0. The Hall–Kier alpha value is -1.53. The zero-order valence-electron chi connectivity index (χ0n) is 11.3. The van der Waals surface area contributed by atoms with E-state index in [1.165, 1.54) is 5.56 Å². The topological polar surface area (TPSA) is 55.8 Å². The predicted octanol–water partition coefficient (Wildman–Crippen LogP) is 3.10.